The molecule has 0 bridgehead atoms. The third-order valence-corrected chi connectivity index (χ3v) is 4.52. The van der Waals surface area contributed by atoms with Gasteiger partial charge in [-0.25, -0.2) is 0 Å². The van der Waals surface area contributed by atoms with Crippen LogP contribution in [0.15, 0.2) is 0 Å². The SMILES string of the molecule is O=C([O-])C1(O)C[C@@H](O)C(O)[C@H](O)C1.O=C([O-])C1(O)C[C@@H](O)C(O)[C@H](O)C1.[Fe+2]. The van der Waals surface area contributed by atoms with Crippen LogP contribution < -0.4 is 10.2 Å². The summed E-state index contributed by atoms with van der Waals surface area (Å²) in [5, 5.41) is 93.8. The number of rotatable bonds is 2. The Morgan fingerprint density at radius 3 is 0.963 bits per heavy atom. The number of carbonyl (C=O) groups excluding carboxylic acids is 2. The molecule has 2 rings (SSSR count). The molecule has 0 saturated heterocycles. The van der Waals surface area contributed by atoms with E-state index in [1.807, 2.05) is 0 Å². The zero-order chi connectivity index (χ0) is 20.4. The van der Waals surface area contributed by atoms with Gasteiger partial charge in [-0.2, -0.15) is 0 Å². The molecule has 2 aliphatic carbocycles. The Morgan fingerprint density at radius 1 is 0.630 bits per heavy atom. The zero-order valence-corrected chi connectivity index (χ0v) is 15.0. The Bertz CT molecular complexity index is 458. The Balaban J connectivity index is 0.000000483. The van der Waals surface area contributed by atoms with Gasteiger partial charge in [-0.3, -0.25) is 0 Å². The molecule has 0 heterocycles. The van der Waals surface area contributed by atoms with Crippen molar-refractivity contribution in [3.63, 3.8) is 0 Å². The summed E-state index contributed by atoms with van der Waals surface area (Å²) in [4.78, 5) is 20.8. The topological polar surface area (TPSA) is 242 Å². The molecule has 2 saturated carbocycles. The number of hydrogen-bond donors (Lipinski definition) is 8. The molecular weight excluding hydrogens is 416 g/mol. The third kappa shape index (κ3) is 6.06. The van der Waals surface area contributed by atoms with Crippen LogP contribution in [0, 0.1) is 0 Å². The molecule has 13 heteroatoms. The minimum Gasteiger partial charge on any atom is -0.547 e. The molecule has 0 radical (unpaired) electrons. The van der Waals surface area contributed by atoms with Crippen molar-refractivity contribution in [3.8, 4) is 0 Å². The maximum absolute atomic E-state index is 10.4. The van der Waals surface area contributed by atoms with Gasteiger partial charge in [-0.1, -0.05) is 0 Å². The molecule has 12 nitrogen and oxygen atoms in total. The summed E-state index contributed by atoms with van der Waals surface area (Å²) < 4.78 is 0. The maximum Gasteiger partial charge on any atom is 2.00 e. The van der Waals surface area contributed by atoms with Crippen LogP contribution in [0.1, 0.15) is 25.7 Å². The van der Waals surface area contributed by atoms with E-state index in [1.165, 1.54) is 0 Å². The molecule has 0 spiro atoms. The van der Waals surface area contributed by atoms with Crippen LogP contribution in [-0.2, 0) is 26.7 Å². The van der Waals surface area contributed by atoms with Gasteiger partial charge in [0.15, 0.2) is 0 Å². The van der Waals surface area contributed by atoms with Crippen molar-refractivity contribution in [3.05, 3.63) is 0 Å². The van der Waals surface area contributed by atoms with E-state index >= 15 is 0 Å². The Morgan fingerprint density at radius 2 is 0.815 bits per heavy atom. The molecule has 0 amide bonds. The van der Waals surface area contributed by atoms with Crippen LogP contribution in [0.5, 0.6) is 0 Å². The van der Waals surface area contributed by atoms with Crippen molar-refractivity contribution in [2.75, 3.05) is 0 Å². The van der Waals surface area contributed by atoms with E-state index in [2.05, 4.69) is 0 Å². The van der Waals surface area contributed by atoms with Gasteiger partial charge in [-0.05, 0) is 0 Å². The molecule has 2 aliphatic rings. The molecule has 2 fully saturated rings. The zero-order valence-electron chi connectivity index (χ0n) is 13.9. The normalized spacial score (nSPS) is 44.3. The van der Waals surface area contributed by atoms with Crippen LogP contribution in [0.3, 0.4) is 0 Å². The average Bonchev–Trinajstić information content (AvgIpc) is 2.50. The fraction of sp³-hybridized carbons (Fsp3) is 0.857. The van der Waals surface area contributed by atoms with Gasteiger partial charge in [0.2, 0.25) is 0 Å². The molecule has 27 heavy (non-hydrogen) atoms. The minimum atomic E-state index is -2.25. The summed E-state index contributed by atoms with van der Waals surface area (Å²) in [7, 11) is 0. The molecular formula is C14H22FeO12. The number of aliphatic hydroxyl groups is 8. The first-order valence-corrected chi connectivity index (χ1v) is 7.69. The third-order valence-electron chi connectivity index (χ3n) is 4.52. The number of carbonyl (C=O) groups is 2. The van der Waals surface area contributed by atoms with Crippen molar-refractivity contribution in [1.29, 1.82) is 0 Å². The summed E-state index contributed by atoms with van der Waals surface area (Å²) in [5.74, 6) is -3.50. The van der Waals surface area contributed by atoms with Crippen molar-refractivity contribution >= 4 is 11.9 Å². The predicted octanol–water partition coefficient (Wildman–Crippen LogP) is -7.31. The van der Waals surface area contributed by atoms with Crippen LogP contribution in [0.4, 0.5) is 0 Å². The summed E-state index contributed by atoms with van der Waals surface area (Å²) in [5.41, 5.74) is -4.50. The predicted molar refractivity (Wildman–Crippen MR) is 74.4 cm³/mol. The standard InChI is InChI=1S/2C7H12O6.Fe/c2*8-3-1-7(13,6(11)12)2-4(9)5(3)10;/h2*3-5,8-10,13H,1-2H2,(H,11,12);/q;;+2/p-2/t2*3-,4-,5?,7?;/m11./s1. The fourth-order valence-corrected chi connectivity index (χ4v) is 2.88. The fourth-order valence-electron chi connectivity index (χ4n) is 2.88. The molecule has 0 aromatic heterocycles. The number of hydrogen-bond acceptors (Lipinski definition) is 12. The molecule has 0 aliphatic heterocycles. The first-order chi connectivity index (χ1) is 11.7. The van der Waals surface area contributed by atoms with E-state index in [1.54, 1.807) is 0 Å². The van der Waals surface area contributed by atoms with Gasteiger partial charge in [-0.15, -0.1) is 0 Å². The van der Waals surface area contributed by atoms with Crippen molar-refractivity contribution in [2.24, 2.45) is 0 Å². The monoisotopic (exact) mass is 438 g/mol. The summed E-state index contributed by atoms with van der Waals surface area (Å²) >= 11 is 0. The number of aliphatic hydroxyl groups excluding tert-OH is 6. The molecule has 8 N–H and O–H groups in total. The quantitative estimate of drug-likeness (QED) is 0.188. The number of carboxylic acid groups (broad SMARTS) is 2. The number of aliphatic carboxylic acids is 2. The largest absolute Gasteiger partial charge is 2.00 e. The average molecular weight is 438 g/mol. The van der Waals surface area contributed by atoms with Crippen LogP contribution in [0.2, 0.25) is 0 Å². The maximum atomic E-state index is 10.4. The second-order valence-electron chi connectivity index (χ2n) is 6.71. The Hall–Kier alpha value is -0.861. The second-order valence-corrected chi connectivity index (χ2v) is 6.71. The number of carboxylic acids is 2. The van der Waals surface area contributed by atoms with Gasteiger partial charge in [0.1, 0.15) is 23.4 Å². The van der Waals surface area contributed by atoms with E-state index < -0.39 is 85.4 Å². The minimum absolute atomic E-state index is 0. The molecule has 158 valence electrons. The van der Waals surface area contributed by atoms with E-state index in [4.69, 9.17) is 30.6 Å². The van der Waals surface area contributed by atoms with Gasteiger partial charge in [0, 0.05) is 25.7 Å². The van der Waals surface area contributed by atoms with Gasteiger partial charge < -0.3 is 60.7 Å². The first kappa shape index (κ1) is 26.1. The van der Waals surface area contributed by atoms with Gasteiger partial charge in [0.05, 0.1) is 36.4 Å². The van der Waals surface area contributed by atoms with Gasteiger partial charge in [0.25, 0.3) is 0 Å². The van der Waals surface area contributed by atoms with Crippen molar-refractivity contribution in [1.82, 2.24) is 0 Å². The van der Waals surface area contributed by atoms with Crippen LogP contribution in [0.25, 0.3) is 0 Å². The first-order valence-electron chi connectivity index (χ1n) is 7.69. The Labute approximate surface area is 163 Å². The van der Waals surface area contributed by atoms with Gasteiger partial charge >= 0.3 is 17.1 Å². The molecule has 0 unspecified atom stereocenters. The van der Waals surface area contributed by atoms with Crippen molar-refractivity contribution < 1.29 is 77.7 Å². The molecule has 0 aromatic rings. The van der Waals surface area contributed by atoms with E-state index in [0.29, 0.717) is 0 Å². The second kappa shape index (κ2) is 9.56. The van der Waals surface area contributed by atoms with Crippen LogP contribution in [-0.4, -0.2) is 101 Å². The van der Waals surface area contributed by atoms with E-state index in [9.17, 15) is 30.0 Å². The Kier molecular flexibility index (Phi) is 9.26. The summed E-state index contributed by atoms with van der Waals surface area (Å²) in [6.45, 7) is 0. The van der Waals surface area contributed by atoms with E-state index in [-0.39, 0.29) is 17.1 Å². The van der Waals surface area contributed by atoms with Crippen molar-refractivity contribution in [2.45, 2.75) is 73.5 Å². The molecule has 4 atom stereocenters. The summed E-state index contributed by atoms with van der Waals surface area (Å²) in [6.07, 6.45) is -10.8. The smallest absolute Gasteiger partial charge is 0.547 e. The summed E-state index contributed by atoms with van der Waals surface area (Å²) in [6, 6.07) is 0. The van der Waals surface area contributed by atoms with Crippen LogP contribution >= 0.6 is 0 Å². The van der Waals surface area contributed by atoms with E-state index in [0.717, 1.165) is 0 Å². The molecule has 0 aromatic carbocycles.